The number of Topliss-reactive ketones (excluding diaryl/α,β-unsaturated/α-hetero) is 1. The van der Waals surface area contributed by atoms with Crippen LogP contribution in [0.3, 0.4) is 0 Å². The fourth-order valence-corrected chi connectivity index (χ4v) is 3.72. The summed E-state index contributed by atoms with van der Waals surface area (Å²) >= 11 is 0. The molecule has 158 valence electrons. The predicted molar refractivity (Wildman–Crippen MR) is 113 cm³/mol. The molecule has 1 amide bonds. The van der Waals surface area contributed by atoms with E-state index in [4.69, 9.17) is 9.47 Å². The van der Waals surface area contributed by atoms with E-state index in [1.54, 1.807) is 12.0 Å². The highest BCUT2D eigenvalue weighted by atomic mass is 16.5. The standard InChI is InChI=1S/C22H31N3O4/c1-22(2)17-15-16(23-24-18-7-5-4-6-8-20(18)26)9-10-19(17)25(21(22)27)11-12-29-14-13-28-3/h7,9-10,15,23-24H,4-6,8,11-14H2,1-3H3. The Bertz CT molecular complexity index is 788. The molecular weight excluding hydrogens is 370 g/mol. The first-order valence-electron chi connectivity index (χ1n) is 10.2. The second kappa shape index (κ2) is 9.41. The molecule has 1 heterocycles. The molecular formula is C22H31N3O4. The van der Waals surface area contributed by atoms with Crippen LogP contribution < -0.4 is 15.8 Å². The number of fused-ring (bicyclic) bond motifs is 1. The maximum Gasteiger partial charge on any atom is 0.237 e. The average molecular weight is 402 g/mol. The van der Waals surface area contributed by atoms with Crippen LogP contribution in [0.25, 0.3) is 0 Å². The van der Waals surface area contributed by atoms with Gasteiger partial charge in [0.1, 0.15) is 0 Å². The summed E-state index contributed by atoms with van der Waals surface area (Å²) in [5, 5.41) is 0. The summed E-state index contributed by atoms with van der Waals surface area (Å²) in [6.07, 6.45) is 5.41. The summed E-state index contributed by atoms with van der Waals surface area (Å²) in [7, 11) is 1.63. The normalized spacial score (nSPS) is 18.3. The maximum atomic E-state index is 13.0. The summed E-state index contributed by atoms with van der Waals surface area (Å²) in [6.45, 7) is 5.89. The molecule has 1 aliphatic carbocycles. The van der Waals surface area contributed by atoms with Crippen molar-refractivity contribution in [1.29, 1.82) is 0 Å². The van der Waals surface area contributed by atoms with Crippen LogP contribution in [-0.4, -0.2) is 45.2 Å². The van der Waals surface area contributed by atoms with Gasteiger partial charge in [-0.05, 0) is 56.9 Å². The number of allylic oxidation sites excluding steroid dienone is 2. The smallest absolute Gasteiger partial charge is 0.237 e. The van der Waals surface area contributed by atoms with Gasteiger partial charge in [-0.15, -0.1) is 0 Å². The monoisotopic (exact) mass is 401 g/mol. The van der Waals surface area contributed by atoms with Crippen molar-refractivity contribution >= 4 is 23.1 Å². The van der Waals surface area contributed by atoms with Crippen LogP contribution in [0.1, 0.15) is 45.1 Å². The Labute approximate surface area is 172 Å². The predicted octanol–water partition coefficient (Wildman–Crippen LogP) is 2.92. The van der Waals surface area contributed by atoms with Gasteiger partial charge < -0.3 is 19.8 Å². The number of anilines is 2. The van der Waals surface area contributed by atoms with Gasteiger partial charge in [-0.2, -0.15) is 0 Å². The number of carbonyl (C=O) groups is 2. The van der Waals surface area contributed by atoms with E-state index in [1.807, 2.05) is 38.1 Å². The van der Waals surface area contributed by atoms with Crippen LogP contribution in [0.5, 0.6) is 0 Å². The number of ether oxygens (including phenoxy) is 2. The van der Waals surface area contributed by atoms with Crippen LogP contribution in [0, 0.1) is 0 Å². The van der Waals surface area contributed by atoms with Crippen LogP contribution in [-0.2, 0) is 24.5 Å². The van der Waals surface area contributed by atoms with Crippen molar-refractivity contribution in [3.63, 3.8) is 0 Å². The van der Waals surface area contributed by atoms with Crippen molar-refractivity contribution in [2.24, 2.45) is 0 Å². The highest BCUT2D eigenvalue weighted by Crippen LogP contribution is 2.42. The first kappa shape index (κ1) is 21.3. The van der Waals surface area contributed by atoms with Crippen LogP contribution in [0.2, 0.25) is 0 Å². The van der Waals surface area contributed by atoms with E-state index in [0.717, 1.165) is 36.2 Å². The lowest BCUT2D eigenvalue weighted by Crippen LogP contribution is -2.38. The van der Waals surface area contributed by atoms with Crippen LogP contribution in [0.4, 0.5) is 11.4 Å². The van der Waals surface area contributed by atoms with Crippen molar-refractivity contribution < 1.29 is 19.1 Å². The van der Waals surface area contributed by atoms with E-state index in [0.29, 0.717) is 38.5 Å². The van der Waals surface area contributed by atoms with E-state index in [-0.39, 0.29) is 11.7 Å². The molecule has 0 unspecified atom stereocenters. The molecule has 2 aliphatic rings. The first-order chi connectivity index (χ1) is 13.9. The van der Waals surface area contributed by atoms with Gasteiger partial charge in [-0.25, -0.2) is 0 Å². The second-order valence-corrected chi connectivity index (χ2v) is 7.96. The zero-order valence-corrected chi connectivity index (χ0v) is 17.5. The quantitative estimate of drug-likeness (QED) is 0.489. The van der Waals surface area contributed by atoms with Gasteiger partial charge in [-0.3, -0.25) is 15.0 Å². The summed E-state index contributed by atoms with van der Waals surface area (Å²) in [5.41, 5.74) is 8.88. The molecule has 0 spiro atoms. The van der Waals surface area contributed by atoms with Crippen molar-refractivity contribution in [3.8, 4) is 0 Å². The Morgan fingerprint density at radius 3 is 2.72 bits per heavy atom. The van der Waals surface area contributed by atoms with E-state index in [2.05, 4.69) is 10.9 Å². The zero-order chi connectivity index (χ0) is 20.9. The lowest BCUT2D eigenvalue weighted by atomic mass is 9.86. The second-order valence-electron chi connectivity index (χ2n) is 7.96. The topological polar surface area (TPSA) is 79.9 Å². The Hall–Kier alpha value is -2.38. The van der Waals surface area contributed by atoms with E-state index >= 15 is 0 Å². The SMILES string of the molecule is COCCOCCN1C(=O)C(C)(C)c2cc(NNC3=CCCCCC3=O)ccc21. The number of nitrogens with one attached hydrogen (secondary N) is 2. The molecule has 1 aromatic rings. The average Bonchev–Trinajstić information content (AvgIpc) is 2.84. The molecule has 1 aromatic carbocycles. The third kappa shape index (κ3) is 4.79. The molecule has 0 bridgehead atoms. The van der Waals surface area contributed by atoms with Crippen molar-refractivity contribution in [3.05, 3.63) is 35.5 Å². The molecule has 1 aliphatic heterocycles. The van der Waals surface area contributed by atoms with Gasteiger partial charge in [0, 0.05) is 25.8 Å². The minimum atomic E-state index is -0.614. The van der Waals surface area contributed by atoms with Crippen molar-refractivity contribution in [1.82, 2.24) is 5.43 Å². The maximum absolute atomic E-state index is 13.0. The highest BCUT2D eigenvalue weighted by molar-refractivity contribution is 6.08. The number of methoxy groups -OCH3 is 1. The molecule has 0 radical (unpaired) electrons. The molecule has 7 heteroatoms. The molecule has 0 fully saturated rings. The number of hydrazine groups is 1. The number of ketones is 1. The molecule has 0 saturated heterocycles. The molecule has 0 saturated carbocycles. The van der Waals surface area contributed by atoms with Gasteiger partial charge >= 0.3 is 0 Å². The number of nitrogens with zero attached hydrogens (tertiary/aromatic N) is 1. The first-order valence-corrected chi connectivity index (χ1v) is 10.2. The molecule has 2 N–H and O–H groups in total. The highest BCUT2D eigenvalue weighted by Gasteiger charge is 2.43. The Morgan fingerprint density at radius 2 is 1.93 bits per heavy atom. The van der Waals surface area contributed by atoms with E-state index in [9.17, 15) is 9.59 Å². The number of hydrogen-bond acceptors (Lipinski definition) is 6. The largest absolute Gasteiger partial charge is 0.382 e. The molecule has 3 rings (SSSR count). The van der Waals surface area contributed by atoms with E-state index < -0.39 is 5.41 Å². The summed E-state index contributed by atoms with van der Waals surface area (Å²) < 4.78 is 10.5. The minimum Gasteiger partial charge on any atom is -0.382 e. The zero-order valence-electron chi connectivity index (χ0n) is 17.5. The fraction of sp³-hybridized carbons (Fsp3) is 0.545. The number of benzene rings is 1. The van der Waals surface area contributed by atoms with E-state index in [1.165, 1.54) is 0 Å². The van der Waals surface area contributed by atoms with Gasteiger partial charge in [0.15, 0.2) is 5.78 Å². The molecule has 29 heavy (non-hydrogen) atoms. The fourth-order valence-electron chi connectivity index (χ4n) is 3.72. The Morgan fingerprint density at radius 1 is 1.10 bits per heavy atom. The number of carbonyl (C=O) groups excluding carboxylic acids is 2. The molecule has 0 atom stereocenters. The number of hydrogen-bond donors (Lipinski definition) is 2. The third-order valence-corrected chi connectivity index (χ3v) is 5.48. The van der Waals surface area contributed by atoms with Gasteiger partial charge in [0.2, 0.25) is 5.91 Å². The molecule has 0 aromatic heterocycles. The van der Waals surface area contributed by atoms with Crippen LogP contribution in [0.15, 0.2) is 30.0 Å². The Kier molecular flexibility index (Phi) is 6.92. The Balaban J connectivity index is 1.68. The van der Waals surface area contributed by atoms with Gasteiger partial charge in [0.25, 0.3) is 0 Å². The summed E-state index contributed by atoms with van der Waals surface area (Å²) in [6, 6.07) is 5.85. The van der Waals surface area contributed by atoms with Crippen molar-refractivity contribution in [2.45, 2.75) is 44.9 Å². The van der Waals surface area contributed by atoms with Gasteiger partial charge in [-0.1, -0.05) is 6.08 Å². The lowest BCUT2D eigenvalue weighted by Gasteiger charge is -2.20. The van der Waals surface area contributed by atoms with Crippen molar-refractivity contribution in [2.75, 3.05) is 43.8 Å². The lowest BCUT2D eigenvalue weighted by molar-refractivity contribution is -0.122. The summed E-state index contributed by atoms with van der Waals surface area (Å²) in [4.78, 5) is 26.9. The van der Waals surface area contributed by atoms with Gasteiger partial charge in [0.05, 0.1) is 36.6 Å². The number of rotatable bonds is 9. The number of amides is 1. The summed E-state index contributed by atoms with van der Waals surface area (Å²) in [5.74, 6) is 0.195. The molecule has 7 nitrogen and oxygen atoms in total. The minimum absolute atomic E-state index is 0.0644. The third-order valence-electron chi connectivity index (χ3n) is 5.48. The van der Waals surface area contributed by atoms with Crippen LogP contribution >= 0.6 is 0 Å².